The van der Waals surface area contributed by atoms with Gasteiger partial charge in [-0.15, -0.1) is 21.5 Å². The van der Waals surface area contributed by atoms with E-state index in [4.69, 9.17) is 0 Å². The van der Waals surface area contributed by atoms with Crippen LogP contribution in [0.2, 0.25) is 0 Å². The third-order valence-electron chi connectivity index (χ3n) is 1.55. The van der Waals surface area contributed by atoms with Crippen molar-refractivity contribution in [2.75, 3.05) is 0 Å². The van der Waals surface area contributed by atoms with Crippen molar-refractivity contribution in [3.8, 4) is 10.8 Å². The summed E-state index contributed by atoms with van der Waals surface area (Å²) >= 11 is 4.37. The molecule has 0 spiro atoms. The second-order valence-electron chi connectivity index (χ2n) is 2.66. The van der Waals surface area contributed by atoms with E-state index < -0.39 is 12.1 Å². The Morgan fingerprint density at radius 1 is 1.38 bits per heavy atom. The topological polar surface area (TPSA) is 51.8 Å². The summed E-state index contributed by atoms with van der Waals surface area (Å²) < 4.78 is 41.0. The first-order valence-corrected chi connectivity index (χ1v) is 5.86. The van der Waals surface area contributed by atoms with Crippen LogP contribution in [0.15, 0.2) is 10.6 Å². The number of aromatic nitrogens is 3. The van der Waals surface area contributed by atoms with E-state index in [0.29, 0.717) is 10.2 Å². The van der Waals surface area contributed by atoms with Crippen LogP contribution in [0, 0.1) is 0 Å². The summed E-state index contributed by atoms with van der Waals surface area (Å²) in [6.07, 6.45) is -3.22. The van der Waals surface area contributed by atoms with Crippen molar-refractivity contribution in [1.82, 2.24) is 15.2 Å². The van der Waals surface area contributed by atoms with Gasteiger partial charge in [0, 0.05) is 0 Å². The van der Waals surface area contributed by atoms with Crippen LogP contribution in [-0.2, 0) is 11.5 Å². The van der Waals surface area contributed by atoms with Gasteiger partial charge in [-0.3, -0.25) is 0 Å². The van der Waals surface area contributed by atoms with E-state index in [-0.39, 0.29) is 5.89 Å². The fourth-order valence-electron chi connectivity index (χ4n) is 0.908. The Kier molecular flexibility index (Phi) is 2.98. The highest BCUT2D eigenvalue weighted by Gasteiger charge is 2.38. The summed E-state index contributed by atoms with van der Waals surface area (Å²) in [6.45, 7) is 0. The zero-order valence-electron chi connectivity index (χ0n) is 7.45. The lowest BCUT2D eigenvalue weighted by Gasteiger charge is -1.96. The molecule has 0 unspecified atom stereocenters. The molecule has 0 bridgehead atoms. The summed E-state index contributed by atoms with van der Waals surface area (Å²) in [6, 6.07) is 0. The molecule has 16 heavy (non-hydrogen) atoms. The summed E-state index contributed by atoms with van der Waals surface area (Å²) in [5.41, 5.74) is 0. The molecule has 0 saturated heterocycles. The van der Waals surface area contributed by atoms with Crippen LogP contribution >= 0.6 is 27.3 Å². The average Bonchev–Trinajstić information content (AvgIpc) is 2.85. The monoisotopic (exact) mass is 313 g/mol. The van der Waals surface area contributed by atoms with Gasteiger partial charge in [-0.1, -0.05) is 15.9 Å². The molecule has 0 aliphatic heterocycles. The second-order valence-corrected chi connectivity index (χ2v) is 4.34. The first-order chi connectivity index (χ1) is 7.50. The lowest BCUT2D eigenvalue weighted by molar-refractivity contribution is -0.156. The molecule has 9 heteroatoms. The number of hydrogen-bond acceptors (Lipinski definition) is 5. The number of thiazole rings is 1. The zero-order chi connectivity index (χ0) is 11.8. The molecular weight excluding hydrogens is 311 g/mol. The predicted molar refractivity (Wildman–Crippen MR) is 53.0 cm³/mol. The number of rotatable bonds is 2. The molecule has 2 rings (SSSR count). The maximum atomic E-state index is 12.2. The SMILES string of the molecule is FC(F)(F)c1nnc(-c2cnc(CBr)s2)o1. The molecule has 2 aromatic heterocycles. The molecule has 2 heterocycles. The maximum Gasteiger partial charge on any atom is 0.470 e. The molecule has 0 atom stereocenters. The Hall–Kier alpha value is -0.960. The Morgan fingerprint density at radius 3 is 2.62 bits per heavy atom. The quantitative estimate of drug-likeness (QED) is 0.799. The van der Waals surface area contributed by atoms with Crippen LogP contribution < -0.4 is 0 Å². The van der Waals surface area contributed by atoms with Gasteiger partial charge in [0.2, 0.25) is 0 Å². The second kappa shape index (κ2) is 4.13. The predicted octanol–water partition coefficient (Wildman–Crippen LogP) is 3.11. The first-order valence-electron chi connectivity index (χ1n) is 3.92. The van der Waals surface area contributed by atoms with Crippen molar-refractivity contribution >= 4 is 27.3 Å². The molecule has 0 amide bonds. The lowest BCUT2D eigenvalue weighted by atomic mass is 10.5. The third-order valence-corrected chi connectivity index (χ3v) is 3.43. The van der Waals surface area contributed by atoms with E-state index in [9.17, 15) is 13.2 Å². The van der Waals surface area contributed by atoms with Crippen molar-refractivity contribution in [2.45, 2.75) is 11.5 Å². The van der Waals surface area contributed by atoms with Gasteiger partial charge in [-0.25, -0.2) is 4.98 Å². The van der Waals surface area contributed by atoms with Crippen LogP contribution in [0.5, 0.6) is 0 Å². The highest BCUT2D eigenvalue weighted by molar-refractivity contribution is 9.08. The molecule has 0 aliphatic rings. The molecule has 0 saturated carbocycles. The molecule has 2 aromatic rings. The number of alkyl halides is 4. The smallest absolute Gasteiger partial charge is 0.412 e. The molecule has 0 radical (unpaired) electrons. The molecule has 0 N–H and O–H groups in total. The Labute approximate surface area is 99.6 Å². The van der Waals surface area contributed by atoms with E-state index in [1.807, 2.05) is 0 Å². The zero-order valence-corrected chi connectivity index (χ0v) is 9.86. The fraction of sp³-hybridized carbons (Fsp3) is 0.286. The van der Waals surface area contributed by atoms with Crippen molar-refractivity contribution in [1.29, 1.82) is 0 Å². The summed E-state index contributed by atoms with van der Waals surface area (Å²) in [7, 11) is 0. The first kappa shape index (κ1) is 11.5. The van der Waals surface area contributed by atoms with Crippen molar-refractivity contribution in [2.24, 2.45) is 0 Å². The number of hydrogen-bond donors (Lipinski definition) is 0. The minimum absolute atomic E-state index is 0.169. The molecule has 0 aromatic carbocycles. The van der Waals surface area contributed by atoms with Crippen molar-refractivity contribution in [3.05, 3.63) is 17.1 Å². The van der Waals surface area contributed by atoms with Gasteiger partial charge in [0.15, 0.2) is 0 Å². The average molecular weight is 314 g/mol. The normalized spacial score (nSPS) is 12.0. The van der Waals surface area contributed by atoms with Crippen LogP contribution in [0.25, 0.3) is 10.8 Å². The third kappa shape index (κ3) is 2.24. The molecule has 0 aliphatic carbocycles. The van der Waals surface area contributed by atoms with Gasteiger partial charge >= 0.3 is 12.1 Å². The Bertz CT molecular complexity index is 495. The highest BCUT2D eigenvalue weighted by atomic mass is 79.9. The number of halogens is 4. The Balaban J connectivity index is 2.31. The molecule has 0 fully saturated rings. The summed E-state index contributed by atoms with van der Waals surface area (Å²) in [4.78, 5) is 4.36. The van der Waals surface area contributed by atoms with E-state index in [1.165, 1.54) is 17.5 Å². The van der Waals surface area contributed by atoms with Crippen LogP contribution in [0.4, 0.5) is 13.2 Å². The summed E-state index contributed by atoms with van der Waals surface area (Å²) in [5.74, 6) is -1.52. The summed E-state index contributed by atoms with van der Waals surface area (Å²) in [5, 5.41) is 7.49. The van der Waals surface area contributed by atoms with Crippen LogP contribution in [-0.4, -0.2) is 15.2 Å². The fourth-order valence-corrected chi connectivity index (χ4v) is 2.09. The van der Waals surface area contributed by atoms with Gasteiger partial charge in [0.05, 0.1) is 11.5 Å². The van der Waals surface area contributed by atoms with Crippen molar-refractivity contribution in [3.63, 3.8) is 0 Å². The largest absolute Gasteiger partial charge is 0.470 e. The number of nitrogens with zero attached hydrogens (tertiary/aromatic N) is 3. The minimum Gasteiger partial charge on any atom is -0.412 e. The van der Waals surface area contributed by atoms with Gasteiger partial charge in [-0.05, 0) is 0 Å². The van der Waals surface area contributed by atoms with E-state index in [1.54, 1.807) is 0 Å². The van der Waals surface area contributed by atoms with Gasteiger partial charge in [0.1, 0.15) is 9.88 Å². The lowest BCUT2D eigenvalue weighted by Crippen LogP contribution is -2.04. The molecule has 4 nitrogen and oxygen atoms in total. The van der Waals surface area contributed by atoms with Gasteiger partial charge in [0.25, 0.3) is 5.89 Å². The van der Waals surface area contributed by atoms with E-state index >= 15 is 0 Å². The molecule has 86 valence electrons. The van der Waals surface area contributed by atoms with E-state index in [0.717, 1.165) is 5.01 Å². The Morgan fingerprint density at radius 2 is 2.12 bits per heavy atom. The molecular formula is C7H3BrF3N3OS. The standard InChI is InChI=1S/C7H3BrF3N3OS/c8-1-4-12-2-3(16-4)5-13-14-6(15-5)7(9,10)11/h2H,1H2. The highest BCUT2D eigenvalue weighted by Crippen LogP contribution is 2.32. The van der Waals surface area contributed by atoms with Gasteiger partial charge in [-0.2, -0.15) is 13.2 Å². The van der Waals surface area contributed by atoms with Crippen LogP contribution in [0.3, 0.4) is 0 Å². The van der Waals surface area contributed by atoms with Crippen molar-refractivity contribution < 1.29 is 17.6 Å². The minimum atomic E-state index is -4.62. The van der Waals surface area contributed by atoms with Crippen LogP contribution in [0.1, 0.15) is 10.9 Å². The van der Waals surface area contributed by atoms with Gasteiger partial charge < -0.3 is 4.42 Å². The van der Waals surface area contributed by atoms with E-state index in [2.05, 4.69) is 35.5 Å². The maximum absolute atomic E-state index is 12.2.